The summed E-state index contributed by atoms with van der Waals surface area (Å²) in [7, 11) is 0. The Kier molecular flexibility index (Phi) is 4.58. The Hall–Kier alpha value is -1.77. The lowest BCUT2D eigenvalue weighted by Crippen LogP contribution is -2.44. The van der Waals surface area contributed by atoms with Crippen LogP contribution < -0.4 is 0 Å². The van der Waals surface area contributed by atoms with Crippen LogP contribution in [-0.4, -0.2) is 17.2 Å². The van der Waals surface area contributed by atoms with Crippen LogP contribution in [0.2, 0.25) is 0 Å². The standard InChI is InChI=1S/C23H30O3/c1-3-4-5-22(25)26-21-11-10-20-19-8-6-15-14-16(24)7-9-17(15)18(19)12-13-23(20,21)2/h6-9,14,18-21,24H,3-5,10-13H2,1-2H3/t18-,19-,20+,21+,23+/m1/s1. The van der Waals surface area contributed by atoms with Gasteiger partial charge in [0.15, 0.2) is 0 Å². The lowest BCUT2D eigenvalue weighted by Gasteiger charge is -2.48. The van der Waals surface area contributed by atoms with Crippen LogP contribution in [0.3, 0.4) is 0 Å². The van der Waals surface area contributed by atoms with Gasteiger partial charge in [-0.05, 0) is 73.1 Å². The lowest BCUT2D eigenvalue weighted by molar-refractivity contribution is -0.157. The minimum atomic E-state index is -0.0131. The lowest BCUT2D eigenvalue weighted by atomic mass is 9.57. The van der Waals surface area contributed by atoms with Crippen LogP contribution in [0.5, 0.6) is 5.75 Å². The topological polar surface area (TPSA) is 46.5 Å². The molecule has 1 aromatic rings. The molecule has 26 heavy (non-hydrogen) atoms. The number of fused-ring (bicyclic) bond motifs is 5. The molecule has 3 aliphatic carbocycles. The molecule has 0 aromatic heterocycles. The highest BCUT2D eigenvalue weighted by atomic mass is 16.5. The third-order valence-electron chi connectivity index (χ3n) is 7.22. The van der Waals surface area contributed by atoms with E-state index in [-0.39, 0.29) is 17.5 Å². The smallest absolute Gasteiger partial charge is 0.306 e. The van der Waals surface area contributed by atoms with E-state index in [1.807, 2.05) is 12.1 Å². The Morgan fingerprint density at radius 1 is 1.31 bits per heavy atom. The summed E-state index contributed by atoms with van der Waals surface area (Å²) in [6, 6.07) is 5.80. The van der Waals surface area contributed by atoms with Gasteiger partial charge in [0.2, 0.25) is 0 Å². The van der Waals surface area contributed by atoms with Gasteiger partial charge in [0, 0.05) is 11.8 Å². The number of carbonyl (C=O) groups is 1. The molecule has 0 spiro atoms. The highest BCUT2D eigenvalue weighted by Gasteiger charge is 2.55. The van der Waals surface area contributed by atoms with Crippen molar-refractivity contribution in [1.82, 2.24) is 0 Å². The number of phenols is 1. The number of aromatic hydroxyl groups is 1. The molecule has 5 atom stereocenters. The summed E-state index contributed by atoms with van der Waals surface area (Å²) in [5.74, 6) is 1.95. The van der Waals surface area contributed by atoms with Gasteiger partial charge in [-0.15, -0.1) is 0 Å². The van der Waals surface area contributed by atoms with Gasteiger partial charge in [-0.3, -0.25) is 4.79 Å². The minimum absolute atomic E-state index is 0.0131. The molecule has 140 valence electrons. The van der Waals surface area contributed by atoms with E-state index in [1.165, 1.54) is 5.56 Å². The average molecular weight is 354 g/mol. The SMILES string of the molecule is CCCCC(=O)O[C@H]1CC[C@H]2[C@@H]3C=Cc4cc(O)ccc4[C@H]3CC[C@]12C. The van der Waals surface area contributed by atoms with E-state index in [4.69, 9.17) is 4.74 Å². The molecule has 0 heterocycles. The van der Waals surface area contributed by atoms with Crippen LogP contribution in [0.4, 0.5) is 0 Å². The van der Waals surface area contributed by atoms with Crippen molar-refractivity contribution in [1.29, 1.82) is 0 Å². The molecule has 3 nitrogen and oxygen atoms in total. The summed E-state index contributed by atoms with van der Waals surface area (Å²) in [5, 5.41) is 9.77. The Morgan fingerprint density at radius 2 is 2.15 bits per heavy atom. The quantitative estimate of drug-likeness (QED) is 0.733. The second-order valence-electron chi connectivity index (χ2n) is 8.67. The fourth-order valence-corrected chi connectivity index (χ4v) is 5.77. The van der Waals surface area contributed by atoms with E-state index in [1.54, 1.807) is 0 Å². The normalized spacial score (nSPS) is 34.7. The highest BCUT2D eigenvalue weighted by Crippen LogP contribution is 2.60. The molecule has 0 unspecified atom stereocenters. The fraction of sp³-hybridized carbons (Fsp3) is 0.609. The van der Waals surface area contributed by atoms with Gasteiger partial charge in [-0.25, -0.2) is 0 Å². The predicted molar refractivity (Wildman–Crippen MR) is 103 cm³/mol. The summed E-state index contributed by atoms with van der Waals surface area (Å²) in [6.07, 6.45) is 11.5. The van der Waals surface area contributed by atoms with Crippen LogP contribution in [0.1, 0.15) is 75.8 Å². The van der Waals surface area contributed by atoms with Gasteiger partial charge in [0.25, 0.3) is 0 Å². The van der Waals surface area contributed by atoms with Crippen molar-refractivity contribution in [3.05, 3.63) is 35.4 Å². The maximum atomic E-state index is 12.2. The van der Waals surface area contributed by atoms with Gasteiger partial charge >= 0.3 is 5.97 Å². The van der Waals surface area contributed by atoms with Crippen LogP contribution in [0.15, 0.2) is 24.3 Å². The van der Waals surface area contributed by atoms with Gasteiger partial charge in [0.1, 0.15) is 11.9 Å². The average Bonchev–Trinajstić information content (AvgIpc) is 2.96. The largest absolute Gasteiger partial charge is 0.508 e. The molecule has 4 rings (SSSR count). The van der Waals surface area contributed by atoms with E-state index < -0.39 is 0 Å². The Labute approximate surface area is 156 Å². The molecule has 0 radical (unpaired) electrons. The van der Waals surface area contributed by atoms with E-state index in [0.29, 0.717) is 29.9 Å². The molecule has 0 bridgehead atoms. The number of phenolic OH excluding ortho intramolecular Hbond substituents is 1. The van der Waals surface area contributed by atoms with Gasteiger partial charge < -0.3 is 9.84 Å². The third-order valence-corrected chi connectivity index (χ3v) is 7.22. The van der Waals surface area contributed by atoms with Crippen LogP contribution in [0, 0.1) is 17.3 Å². The zero-order valence-electron chi connectivity index (χ0n) is 15.9. The van der Waals surface area contributed by atoms with Crippen LogP contribution >= 0.6 is 0 Å². The van der Waals surface area contributed by atoms with Crippen LogP contribution in [-0.2, 0) is 9.53 Å². The maximum Gasteiger partial charge on any atom is 0.306 e. The van der Waals surface area contributed by atoms with E-state index in [9.17, 15) is 9.90 Å². The number of unbranched alkanes of at least 4 members (excludes halogenated alkanes) is 1. The van der Waals surface area contributed by atoms with E-state index >= 15 is 0 Å². The second kappa shape index (κ2) is 6.75. The molecular weight excluding hydrogens is 324 g/mol. The Bertz CT molecular complexity index is 722. The van der Waals surface area contributed by atoms with Crippen molar-refractivity contribution in [2.24, 2.45) is 17.3 Å². The van der Waals surface area contributed by atoms with Crippen molar-refractivity contribution < 1.29 is 14.6 Å². The van der Waals surface area contributed by atoms with Crippen LogP contribution in [0.25, 0.3) is 6.08 Å². The van der Waals surface area contributed by atoms with Crippen molar-refractivity contribution in [3.8, 4) is 5.75 Å². The Morgan fingerprint density at radius 3 is 2.96 bits per heavy atom. The summed E-state index contributed by atoms with van der Waals surface area (Å²) in [6.45, 7) is 4.45. The van der Waals surface area contributed by atoms with Gasteiger partial charge in [-0.1, -0.05) is 38.5 Å². The number of carbonyl (C=O) groups excluding carboxylic acids is 1. The number of rotatable bonds is 4. The first-order chi connectivity index (χ1) is 12.5. The number of hydrogen-bond donors (Lipinski definition) is 1. The number of benzene rings is 1. The van der Waals surface area contributed by atoms with Crippen molar-refractivity contribution in [3.63, 3.8) is 0 Å². The van der Waals surface area contributed by atoms with Crippen molar-refractivity contribution in [2.75, 3.05) is 0 Å². The number of allylic oxidation sites excluding steroid dienone is 1. The molecular formula is C23H30O3. The summed E-state index contributed by atoms with van der Waals surface area (Å²) >= 11 is 0. The molecule has 3 heteroatoms. The first kappa shape index (κ1) is 17.6. The molecule has 3 aliphatic rings. The first-order valence-electron chi connectivity index (χ1n) is 10.2. The molecule has 0 aliphatic heterocycles. The molecule has 0 saturated heterocycles. The maximum absolute atomic E-state index is 12.2. The van der Waals surface area contributed by atoms with E-state index in [0.717, 1.165) is 44.1 Å². The highest BCUT2D eigenvalue weighted by molar-refractivity contribution is 5.69. The molecule has 2 saturated carbocycles. The third kappa shape index (κ3) is 2.86. The van der Waals surface area contributed by atoms with Gasteiger partial charge in [0.05, 0.1) is 0 Å². The van der Waals surface area contributed by atoms with E-state index in [2.05, 4.69) is 32.1 Å². The first-order valence-corrected chi connectivity index (χ1v) is 10.2. The van der Waals surface area contributed by atoms with Gasteiger partial charge in [-0.2, -0.15) is 0 Å². The minimum Gasteiger partial charge on any atom is -0.508 e. The molecule has 1 N–H and O–H groups in total. The van der Waals surface area contributed by atoms with Crippen molar-refractivity contribution >= 4 is 12.0 Å². The Balaban J connectivity index is 1.53. The zero-order valence-corrected chi connectivity index (χ0v) is 15.9. The molecule has 2 fully saturated rings. The fourth-order valence-electron chi connectivity index (χ4n) is 5.77. The molecule has 0 amide bonds. The second-order valence-corrected chi connectivity index (χ2v) is 8.67. The number of esters is 1. The summed E-state index contributed by atoms with van der Waals surface area (Å²) in [5.41, 5.74) is 2.64. The molecule has 1 aromatic carbocycles. The summed E-state index contributed by atoms with van der Waals surface area (Å²) in [4.78, 5) is 12.2. The van der Waals surface area contributed by atoms with Crippen molar-refractivity contribution in [2.45, 2.75) is 70.8 Å². The predicted octanol–water partition coefficient (Wildman–Crippen LogP) is 5.43. The monoisotopic (exact) mass is 354 g/mol. The number of ether oxygens (including phenoxy) is 1. The zero-order chi connectivity index (χ0) is 18.3. The summed E-state index contributed by atoms with van der Waals surface area (Å²) < 4.78 is 5.95. The number of hydrogen-bond acceptors (Lipinski definition) is 3.